The Hall–Kier alpha value is -4.45. The molecule has 0 bridgehead atoms. The number of H-pyrrole nitrogens is 1. The number of para-hydroxylation sites is 1. The summed E-state index contributed by atoms with van der Waals surface area (Å²) in [7, 11) is 0. The zero-order valence-electron chi connectivity index (χ0n) is 17.9. The van der Waals surface area contributed by atoms with Gasteiger partial charge in [0.25, 0.3) is 11.5 Å². The van der Waals surface area contributed by atoms with Gasteiger partial charge in [-0.2, -0.15) is 5.10 Å². The lowest BCUT2D eigenvalue weighted by molar-refractivity contribution is 0.0873. The van der Waals surface area contributed by atoms with Gasteiger partial charge in [0.05, 0.1) is 16.7 Å². The number of aromatic amines is 1. The van der Waals surface area contributed by atoms with E-state index in [1.807, 2.05) is 85.8 Å². The van der Waals surface area contributed by atoms with Crippen LogP contribution < -0.4 is 5.56 Å². The van der Waals surface area contributed by atoms with Crippen LogP contribution in [0.25, 0.3) is 44.0 Å². The Morgan fingerprint density at radius 1 is 0.879 bits per heavy atom. The third-order valence-electron chi connectivity index (χ3n) is 6.11. The molecule has 6 aromatic rings. The summed E-state index contributed by atoms with van der Waals surface area (Å²) in [5.41, 5.74) is 4.70. The molecule has 0 aliphatic heterocycles. The van der Waals surface area contributed by atoms with Crippen molar-refractivity contribution in [2.45, 2.75) is 13.5 Å². The number of rotatable bonds is 3. The number of benzene rings is 3. The van der Waals surface area contributed by atoms with Gasteiger partial charge in [0, 0.05) is 32.9 Å². The SMILES string of the molecule is Cc1cc(-c2ccccc2)nn1C(=O)Cn1c(=O)c2ccccc2c2[nH]c3ccccc3c21. The quantitative estimate of drug-likeness (QED) is 0.420. The Morgan fingerprint density at radius 3 is 2.33 bits per heavy atom. The van der Waals surface area contributed by atoms with Gasteiger partial charge in [0.15, 0.2) is 0 Å². The molecule has 0 unspecified atom stereocenters. The van der Waals surface area contributed by atoms with Gasteiger partial charge in [0.2, 0.25) is 0 Å². The Labute approximate surface area is 188 Å². The minimum absolute atomic E-state index is 0.112. The number of carbonyl (C=O) groups is 1. The smallest absolute Gasteiger partial charge is 0.267 e. The summed E-state index contributed by atoms with van der Waals surface area (Å²) in [4.78, 5) is 30.4. The van der Waals surface area contributed by atoms with Gasteiger partial charge in [-0.3, -0.25) is 14.2 Å². The summed E-state index contributed by atoms with van der Waals surface area (Å²) in [5, 5.41) is 6.87. The van der Waals surface area contributed by atoms with Gasteiger partial charge in [-0.05, 0) is 25.1 Å². The first-order chi connectivity index (χ1) is 16.1. The maximum atomic E-state index is 13.5. The normalized spacial score (nSPS) is 11.5. The maximum absolute atomic E-state index is 13.5. The van der Waals surface area contributed by atoms with Crippen LogP contribution in [0.5, 0.6) is 0 Å². The molecule has 0 fully saturated rings. The molecule has 6 nitrogen and oxygen atoms in total. The van der Waals surface area contributed by atoms with E-state index in [9.17, 15) is 9.59 Å². The number of fused-ring (bicyclic) bond motifs is 5. The van der Waals surface area contributed by atoms with Crippen LogP contribution in [-0.4, -0.2) is 25.2 Å². The van der Waals surface area contributed by atoms with E-state index < -0.39 is 0 Å². The lowest BCUT2D eigenvalue weighted by atomic mass is 10.1. The summed E-state index contributed by atoms with van der Waals surface area (Å²) < 4.78 is 2.97. The lowest BCUT2D eigenvalue weighted by Crippen LogP contribution is -2.28. The number of aromatic nitrogens is 4. The average Bonchev–Trinajstić information content (AvgIpc) is 3.43. The zero-order chi connectivity index (χ0) is 22.5. The van der Waals surface area contributed by atoms with Gasteiger partial charge < -0.3 is 4.98 Å². The monoisotopic (exact) mass is 432 g/mol. The summed E-state index contributed by atoms with van der Waals surface area (Å²) in [5.74, 6) is -0.265. The van der Waals surface area contributed by atoms with E-state index in [-0.39, 0.29) is 18.0 Å². The maximum Gasteiger partial charge on any atom is 0.267 e. The van der Waals surface area contributed by atoms with Gasteiger partial charge >= 0.3 is 0 Å². The zero-order valence-corrected chi connectivity index (χ0v) is 17.9. The first-order valence-corrected chi connectivity index (χ1v) is 10.8. The van der Waals surface area contributed by atoms with E-state index in [1.165, 1.54) is 4.68 Å². The van der Waals surface area contributed by atoms with Crippen molar-refractivity contribution >= 4 is 38.6 Å². The van der Waals surface area contributed by atoms with Gasteiger partial charge in [-0.1, -0.05) is 66.7 Å². The third kappa shape index (κ3) is 2.99. The molecule has 6 rings (SSSR count). The number of hydrogen-bond acceptors (Lipinski definition) is 3. The van der Waals surface area contributed by atoms with Crippen LogP contribution in [0.1, 0.15) is 10.5 Å². The van der Waals surface area contributed by atoms with Crippen LogP contribution in [-0.2, 0) is 6.54 Å². The highest BCUT2D eigenvalue weighted by atomic mass is 16.2. The van der Waals surface area contributed by atoms with Crippen LogP contribution in [0, 0.1) is 6.92 Å². The first kappa shape index (κ1) is 19.3. The minimum Gasteiger partial charge on any atom is -0.353 e. The fourth-order valence-corrected chi connectivity index (χ4v) is 4.57. The molecule has 3 aromatic carbocycles. The van der Waals surface area contributed by atoms with Gasteiger partial charge in [-0.15, -0.1) is 0 Å². The molecule has 6 heteroatoms. The van der Waals surface area contributed by atoms with E-state index in [4.69, 9.17) is 0 Å². The van der Waals surface area contributed by atoms with Crippen molar-refractivity contribution in [1.29, 1.82) is 0 Å². The van der Waals surface area contributed by atoms with E-state index >= 15 is 0 Å². The summed E-state index contributed by atoms with van der Waals surface area (Å²) in [6, 6.07) is 26.9. The van der Waals surface area contributed by atoms with E-state index in [0.29, 0.717) is 5.39 Å². The molecule has 0 amide bonds. The molecule has 0 saturated carbocycles. The predicted molar refractivity (Wildman–Crippen MR) is 131 cm³/mol. The third-order valence-corrected chi connectivity index (χ3v) is 6.11. The second-order valence-corrected chi connectivity index (χ2v) is 8.17. The molecular formula is C27H20N4O2. The molecule has 0 aliphatic carbocycles. The second kappa shape index (κ2) is 7.31. The van der Waals surface area contributed by atoms with E-state index in [2.05, 4.69) is 10.1 Å². The van der Waals surface area contributed by atoms with Crippen LogP contribution in [0.4, 0.5) is 0 Å². The summed E-state index contributed by atoms with van der Waals surface area (Å²) in [6.07, 6.45) is 0. The molecule has 0 aliphatic rings. The number of nitrogens with one attached hydrogen (secondary N) is 1. The standard InChI is InChI=1S/C27H20N4O2/c1-17-15-23(18-9-3-2-4-10-18)29-31(17)24(32)16-30-26-21-13-7-8-14-22(21)28-25(26)19-11-5-6-12-20(19)27(30)33/h2-15,28H,16H2,1H3. The number of aryl methyl sites for hydroxylation is 1. The molecule has 160 valence electrons. The van der Waals surface area contributed by atoms with Crippen LogP contribution in [0.15, 0.2) is 89.7 Å². The van der Waals surface area contributed by atoms with Crippen molar-refractivity contribution < 1.29 is 4.79 Å². The van der Waals surface area contributed by atoms with Crippen molar-refractivity contribution in [3.63, 3.8) is 0 Å². The molecule has 0 saturated heterocycles. The molecule has 0 atom stereocenters. The Kier molecular flexibility index (Phi) is 4.26. The molecule has 3 aromatic heterocycles. The van der Waals surface area contributed by atoms with Gasteiger partial charge in [-0.25, -0.2) is 4.68 Å². The molecule has 0 spiro atoms. The van der Waals surface area contributed by atoms with Crippen LogP contribution >= 0.6 is 0 Å². The largest absolute Gasteiger partial charge is 0.353 e. The number of pyridine rings is 1. The molecule has 3 heterocycles. The summed E-state index contributed by atoms with van der Waals surface area (Å²) >= 11 is 0. The van der Waals surface area contributed by atoms with Crippen LogP contribution in [0.3, 0.4) is 0 Å². The van der Waals surface area contributed by atoms with Crippen molar-refractivity contribution in [2.24, 2.45) is 0 Å². The molecule has 1 N–H and O–H groups in total. The van der Waals surface area contributed by atoms with Crippen molar-refractivity contribution in [3.05, 3.63) is 101 Å². The van der Waals surface area contributed by atoms with Gasteiger partial charge in [0.1, 0.15) is 6.54 Å². The highest BCUT2D eigenvalue weighted by Gasteiger charge is 2.19. The van der Waals surface area contributed by atoms with Crippen LogP contribution in [0.2, 0.25) is 0 Å². The fraction of sp³-hybridized carbons (Fsp3) is 0.0741. The fourth-order valence-electron chi connectivity index (χ4n) is 4.57. The second-order valence-electron chi connectivity index (χ2n) is 8.17. The highest BCUT2D eigenvalue weighted by molar-refractivity contribution is 6.15. The van der Waals surface area contributed by atoms with E-state index in [1.54, 1.807) is 10.6 Å². The Morgan fingerprint density at radius 2 is 1.55 bits per heavy atom. The van der Waals surface area contributed by atoms with Crippen molar-refractivity contribution in [1.82, 2.24) is 19.3 Å². The minimum atomic E-state index is -0.265. The van der Waals surface area contributed by atoms with Crippen molar-refractivity contribution in [3.8, 4) is 11.3 Å². The number of carbonyl (C=O) groups excluding carboxylic acids is 1. The molecule has 33 heavy (non-hydrogen) atoms. The van der Waals surface area contributed by atoms with Crippen molar-refractivity contribution in [2.75, 3.05) is 0 Å². The molecule has 0 radical (unpaired) electrons. The highest BCUT2D eigenvalue weighted by Crippen LogP contribution is 2.29. The predicted octanol–water partition coefficient (Wildman–Crippen LogP) is 5.15. The Bertz CT molecular complexity index is 1740. The summed E-state index contributed by atoms with van der Waals surface area (Å²) in [6.45, 7) is 1.74. The number of hydrogen-bond donors (Lipinski definition) is 1. The Balaban J connectivity index is 1.53. The lowest BCUT2D eigenvalue weighted by Gasteiger charge is -2.11. The topological polar surface area (TPSA) is 72.7 Å². The number of nitrogens with zero attached hydrogens (tertiary/aromatic N) is 3. The first-order valence-electron chi connectivity index (χ1n) is 10.8. The average molecular weight is 432 g/mol. The van der Waals surface area contributed by atoms with E-state index in [0.717, 1.165) is 44.3 Å². The molecular weight excluding hydrogens is 412 g/mol.